The minimum atomic E-state index is -1.04. The number of amides is 3. The van der Waals surface area contributed by atoms with E-state index in [0.717, 1.165) is 0 Å². The highest BCUT2D eigenvalue weighted by Gasteiger charge is 2.79. The molecule has 4 aliphatic heterocycles. The molecule has 1 aromatic rings. The van der Waals surface area contributed by atoms with E-state index in [9.17, 15) is 19.2 Å². The minimum Gasteiger partial charge on any atom is -0.444 e. The third-order valence-corrected chi connectivity index (χ3v) is 7.11. The highest BCUT2D eigenvalue weighted by atomic mass is 16.7. The number of imide groups is 1. The van der Waals surface area contributed by atoms with E-state index < -0.39 is 46.1 Å². The zero-order valence-corrected chi connectivity index (χ0v) is 19.5. The SMILES string of the molecule is CC(C)(C)OC(=O)NCC12CC(C(=O)ON3C(=O)c4ccccc4C3=O)(C1)C1(CCOCC1)O2. The van der Waals surface area contributed by atoms with Crippen molar-refractivity contribution in [1.29, 1.82) is 0 Å². The lowest BCUT2D eigenvalue weighted by Crippen LogP contribution is -2.59. The Morgan fingerprint density at radius 3 is 2.21 bits per heavy atom. The summed E-state index contributed by atoms with van der Waals surface area (Å²) in [6, 6.07) is 6.34. The molecule has 1 N–H and O–H groups in total. The summed E-state index contributed by atoms with van der Waals surface area (Å²) in [4.78, 5) is 56.6. The van der Waals surface area contributed by atoms with Crippen LogP contribution in [0.15, 0.2) is 24.3 Å². The molecule has 1 saturated carbocycles. The molecule has 0 atom stereocenters. The van der Waals surface area contributed by atoms with Gasteiger partial charge in [0.25, 0.3) is 11.8 Å². The van der Waals surface area contributed by atoms with E-state index >= 15 is 0 Å². The van der Waals surface area contributed by atoms with Gasteiger partial charge in [0.15, 0.2) is 0 Å². The van der Waals surface area contributed by atoms with Gasteiger partial charge in [-0.05, 0) is 45.7 Å². The number of hydroxylamine groups is 2. The van der Waals surface area contributed by atoms with E-state index in [1.807, 2.05) is 0 Å². The largest absolute Gasteiger partial charge is 0.444 e. The second-order valence-electron chi connectivity index (χ2n) is 10.5. The molecule has 10 nitrogen and oxygen atoms in total. The Bertz CT molecular complexity index is 1030. The maximum absolute atomic E-state index is 13.5. The summed E-state index contributed by atoms with van der Waals surface area (Å²) in [5.74, 6) is -2.00. The Hall–Kier alpha value is -2.98. The zero-order valence-electron chi connectivity index (χ0n) is 19.5. The third kappa shape index (κ3) is 3.39. The van der Waals surface area contributed by atoms with Crippen molar-refractivity contribution in [2.75, 3.05) is 19.8 Å². The van der Waals surface area contributed by atoms with E-state index in [2.05, 4.69) is 5.32 Å². The third-order valence-electron chi connectivity index (χ3n) is 7.11. The number of carbonyl (C=O) groups is 4. The van der Waals surface area contributed by atoms with Crippen molar-refractivity contribution in [1.82, 2.24) is 10.4 Å². The molecule has 2 bridgehead atoms. The predicted octanol–water partition coefficient (Wildman–Crippen LogP) is 2.36. The molecule has 1 spiro atoms. The first-order chi connectivity index (χ1) is 16.0. The molecule has 5 aliphatic rings. The number of nitrogens with one attached hydrogen (secondary N) is 1. The lowest BCUT2D eigenvalue weighted by atomic mass is 9.54. The topological polar surface area (TPSA) is 120 Å². The zero-order chi connectivity index (χ0) is 24.4. The number of nitrogens with zero attached hydrogens (tertiary/aromatic N) is 1. The summed E-state index contributed by atoms with van der Waals surface area (Å²) < 4.78 is 17.3. The number of alkyl carbamates (subject to hydrolysis) is 1. The van der Waals surface area contributed by atoms with Crippen molar-refractivity contribution in [3.63, 3.8) is 0 Å². The smallest absolute Gasteiger partial charge is 0.407 e. The average molecular weight is 472 g/mol. The van der Waals surface area contributed by atoms with Crippen molar-refractivity contribution in [2.45, 2.75) is 63.3 Å². The molecule has 0 radical (unpaired) electrons. The maximum Gasteiger partial charge on any atom is 0.407 e. The summed E-state index contributed by atoms with van der Waals surface area (Å²) in [5, 5.41) is 3.30. The van der Waals surface area contributed by atoms with Gasteiger partial charge in [0, 0.05) is 26.1 Å². The van der Waals surface area contributed by atoms with Crippen LogP contribution in [-0.4, -0.2) is 65.5 Å². The Morgan fingerprint density at radius 2 is 1.65 bits per heavy atom. The summed E-state index contributed by atoms with van der Waals surface area (Å²) in [5.41, 5.74) is -2.88. The fraction of sp³-hybridized carbons (Fsp3) is 0.583. The molecule has 4 fully saturated rings. The average Bonchev–Trinajstić information content (AvgIpc) is 3.27. The molecule has 0 unspecified atom stereocenters. The first-order valence-corrected chi connectivity index (χ1v) is 11.5. The van der Waals surface area contributed by atoms with Gasteiger partial charge in [0.2, 0.25) is 0 Å². The second kappa shape index (κ2) is 7.51. The van der Waals surface area contributed by atoms with Crippen molar-refractivity contribution in [3.8, 4) is 0 Å². The summed E-state index contributed by atoms with van der Waals surface area (Å²) in [6.07, 6.45) is 0.983. The highest BCUT2D eigenvalue weighted by molar-refractivity contribution is 6.21. The lowest BCUT2D eigenvalue weighted by molar-refractivity contribution is -0.194. The van der Waals surface area contributed by atoms with E-state index in [-0.39, 0.29) is 17.7 Å². The minimum absolute atomic E-state index is 0.173. The number of hydrogen-bond donors (Lipinski definition) is 1. The molecular weight excluding hydrogens is 444 g/mol. The van der Waals surface area contributed by atoms with Gasteiger partial charge >= 0.3 is 12.1 Å². The van der Waals surface area contributed by atoms with Crippen LogP contribution < -0.4 is 5.32 Å². The Labute approximate surface area is 196 Å². The van der Waals surface area contributed by atoms with Crippen LogP contribution in [-0.2, 0) is 23.8 Å². The first-order valence-electron chi connectivity index (χ1n) is 11.5. The molecule has 34 heavy (non-hydrogen) atoms. The Morgan fingerprint density at radius 1 is 1.06 bits per heavy atom. The number of fused-ring (bicyclic) bond motifs is 1. The van der Waals surface area contributed by atoms with E-state index in [0.29, 0.717) is 44.0 Å². The van der Waals surface area contributed by atoms with Gasteiger partial charge in [-0.2, -0.15) is 0 Å². The standard InChI is InChI=1S/C24H28N2O8/c1-21(2,3)32-20(30)25-14-22-12-23(13-22,24(34-22)8-10-31-11-9-24)19(29)33-26-17(27)15-6-4-5-7-16(15)18(26)28/h4-7H,8-14H2,1-3H3,(H,25,30). The summed E-state index contributed by atoms with van der Waals surface area (Å²) >= 11 is 0. The van der Waals surface area contributed by atoms with Crippen molar-refractivity contribution in [3.05, 3.63) is 35.4 Å². The van der Waals surface area contributed by atoms with Crippen LogP contribution in [0.3, 0.4) is 0 Å². The van der Waals surface area contributed by atoms with Gasteiger partial charge in [0.1, 0.15) is 11.0 Å². The molecule has 1 aliphatic carbocycles. The molecular formula is C24H28N2O8. The molecule has 10 heteroatoms. The van der Waals surface area contributed by atoms with E-state index in [1.165, 1.54) is 12.1 Å². The Kier molecular flexibility index (Phi) is 5.04. The first kappa shape index (κ1) is 22.8. The van der Waals surface area contributed by atoms with Crippen LogP contribution in [0.25, 0.3) is 0 Å². The number of ether oxygens (including phenoxy) is 3. The normalized spacial score (nSPS) is 29.0. The quantitative estimate of drug-likeness (QED) is 0.663. The molecule has 3 saturated heterocycles. The van der Waals surface area contributed by atoms with Crippen LogP contribution in [0.5, 0.6) is 0 Å². The maximum atomic E-state index is 13.5. The molecule has 0 aromatic heterocycles. The predicted molar refractivity (Wildman–Crippen MR) is 116 cm³/mol. The summed E-state index contributed by atoms with van der Waals surface area (Å²) in [6.45, 7) is 6.33. The monoisotopic (exact) mass is 472 g/mol. The molecule has 3 amide bonds. The molecule has 4 heterocycles. The lowest BCUT2D eigenvalue weighted by Gasteiger charge is -2.46. The number of benzene rings is 1. The van der Waals surface area contributed by atoms with Crippen molar-refractivity contribution < 1.29 is 38.2 Å². The van der Waals surface area contributed by atoms with Crippen molar-refractivity contribution in [2.24, 2.45) is 5.41 Å². The van der Waals surface area contributed by atoms with E-state index in [4.69, 9.17) is 19.0 Å². The summed E-state index contributed by atoms with van der Waals surface area (Å²) in [7, 11) is 0. The number of rotatable bonds is 4. The van der Waals surface area contributed by atoms with Gasteiger partial charge < -0.3 is 24.4 Å². The molecule has 6 rings (SSSR count). The van der Waals surface area contributed by atoms with E-state index in [1.54, 1.807) is 32.9 Å². The van der Waals surface area contributed by atoms with Gasteiger partial charge in [-0.25, -0.2) is 9.59 Å². The fourth-order valence-electron chi connectivity index (χ4n) is 5.70. The van der Waals surface area contributed by atoms with Gasteiger partial charge in [-0.1, -0.05) is 17.2 Å². The van der Waals surface area contributed by atoms with Gasteiger partial charge in [0.05, 0.1) is 28.9 Å². The van der Waals surface area contributed by atoms with Crippen LogP contribution in [0.4, 0.5) is 4.79 Å². The molecule has 1 aromatic carbocycles. The second-order valence-corrected chi connectivity index (χ2v) is 10.5. The van der Waals surface area contributed by atoms with Crippen LogP contribution in [0, 0.1) is 5.41 Å². The van der Waals surface area contributed by atoms with Crippen molar-refractivity contribution >= 4 is 23.9 Å². The fourth-order valence-corrected chi connectivity index (χ4v) is 5.70. The van der Waals surface area contributed by atoms with Crippen LogP contribution in [0.1, 0.15) is 67.2 Å². The highest BCUT2D eigenvalue weighted by Crippen LogP contribution is 2.69. The van der Waals surface area contributed by atoms with Gasteiger partial charge in [-0.15, -0.1) is 0 Å². The number of carbonyl (C=O) groups excluding carboxylic acids is 4. The molecule has 182 valence electrons. The Balaban J connectivity index is 1.34. The van der Waals surface area contributed by atoms with Crippen LogP contribution in [0.2, 0.25) is 0 Å². The van der Waals surface area contributed by atoms with Crippen LogP contribution >= 0.6 is 0 Å². The number of hydrogen-bond acceptors (Lipinski definition) is 8. The van der Waals surface area contributed by atoms with Gasteiger partial charge in [-0.3, -0.25) is 9.59 Å².